The molecule has 0 aromatic heterocycles. The molecule has 1 N–H and O–H groups in total. The lowest BCUT2D eigenvalue weighted by Gasteiger charge is -2.19. The van der Waals surface area contributed by atoms with Gasteiger partial charge in [-0.2, -0.15) is 0 Å². The second-order valence-corrected chi connectivity index (χ2v) is 5.08. The molecule has 1 fully saturated rings. The van der Waals surface area contributed by atoms with E-state index in [2.05, 4.69) is 0 Å². The number of aliphatic hydroxyl groups is 1. The Balaban J connectivity index is 1.89. The standard InChI is InChI=1S/C16H23NO4/c1-2-17(9-10-18)16(19)13-5-7-14(8-6-13)21-12-15-4-3-11-20-15/h5-8,15,18H,2-4,9-12H2,1H3. The van der Waals surface area contributed by atoms with Crippen molar-refractivity contribution >= 4 is 5.91 Å². The van der Waals surface area contributed by atoms with Gasteiger partial charge in [-0.15, -0.1) is 0 Å². The van der Waals surface area contributed by atoms with Crippen molar-refractivity contribution in [2.24, 2.45) is 0 Å². The molecular weight excluding hydrogens is 270 g/mol. The summed E-state index contributed by atoms with van der Waals surface area (Å²) in [5, 5.41) is 8.96. The van der Waals surface area contributed by atoms with E-state index < -0.39 is 0 Å². The molecule has 5 heteroatoms. The molecule has 5 nitrogen and oxygen atoms in total. The van der Waals surface area contributed by atoms with Crippen LogP contribution in [0.2, 0.25) is 0 Å². The Morgan fingerprint density at radius 2 is 2.19 bits per heavy atom. The van der Waals surface area contributed by atoms with Gasteiger partial charge in [0.2, 0.25) is 0 Å². The van der Waals surface area contributed by atoms with E-state index in [9.17, 15) is 4.79 Å². The first kappa shape index (κ1) is 15.8. The molecule has 1 aliphatic rings. The molecule has 116 valence electrons. The topological polar surface area (TPSA) is 59.0 Å². The van der Waals surface area contributed by atoms with Crippen molar-refractivity contribution in [2.45, 2.75) is 25.9 Å². The van der Waals surface area contributed by atoms with Gasteiger partial charge in [0.05, 0.1) is 12.7 Å². The molecule has 1 saturated heterocycles. The number of aliphatic hydroxyl groups excluding tert-OH is 1. The van der Waals surface area contributed by atoms with E-state index in [1.165, 1.54) is 0 Å². The number of nitrogens with zero attached hydrogens (tertiary/aromatic N) is 1. The van der Waals surface area contributed by atoms with Gasteiger partial charge in [0, 0.05) is 25.3 Å². The quantitative estimate of drug-likeness (QED) is 0.831. The molecule has 1 aromatic rings. The number of hydrogen-bond acceptors (Lipinski definition) is 4. The van der Waals surface area contributed by atoms with Crippen molar-refractivity contribution in [3.8, 4) is 5.75 Å². The maximum absolute atomic E-state index is 12.2. The molecular formula is C16H23NO4. The molecule has 1 aromatic carbocycles. The van der Waals surface area contributed by atoms with E-state index in [1.807, 2.05) is 6.92 Å². The summed E-state index contributed by atoms with van der Waals surface area (Å²) < 4.78 is 11.2. The smallest absolute Gasteiger partial charge is 0.253 e. The molecule has 0 bridgehead atoms. The predicted octanol–water partition coefficient (Wildman–Crippen LogP) is 1.70. The van der Waals surface area contributed by atoms with Crippen molar-refractivity contribution in [1.82, 2.24) is 4.90 Å². The van der Waals surface area contributed by atoms with Crippen molar-refractivity contribution < 1.29 is 19.4 Å². The molecule has 0 saturated carbocycles. The minimum Gasteiger partial charge on any atom is -0.491 e. The fourth-order valence-corrected chi connectivity index (χ4v) is 2.37. The SMILES string of the molecule is CCN(CCO)C(=O)c1ccc(OCC2CCCO2)cc1. The zero-order valence-electron chi connectivity index (χ0n) is 12.5. The highest BCUT2D eigenvalue weighted by atomic mass is 16.5. The molecule has 0 spiro atoms. The van der Waals surface area contributed by atoms with Crippen LogP contribution in [0.3, 0.4) is 0 Å². The molecule has 2 rings (SSSR count). The highest BCUT2D eigenvalue weighted by molar-refractivity contribution is 5.94. The number of ether oxygens (including phenoxy) is 2. The van der Waals surface area contributed by atoms with E-state index in [0.717, 1.165) is 25.2 Å². The Bertz CT molecular complexity index is 440. The average molecular weight is 293 g/mol. The number of amides is 1. The van der Waals surface area contributed by atoms with Crippen molar-refractivity contribution in [2.75, 3.05) is 32.9 Å². The largest absolute Gasteiger partial charge is 0.491 e. The molecule has 21 heavy (non-hydrogen) atoms. The van der Waals surface area contributed by atoms with Gasteiger partial charge in [-0.3, -0.25) is 4.79 Å². The lowest BCUT2D eigenvalue weighted by molar-refractivity contribution is 0.0678. The summed E-state index contributed by atoms with van der Waals surface area (Å²) in [5.41, 5.74) is 0.606. The number of benzene rings is 1. The minimum atomic E-state index is -0.0720. The summed E-state index contributed by atoms with van der Waals surface area (Å²) in [4.78, 5) is 13.8. The Hall–Kier alpha value is -1.59. The van der Waals surface area contributed by atoms with Crippen LogP contribution in [0.5, 0.6) is 5.75 Å². The maximum Gasteiger partial charge on any atom is 0.253 e. The second-order valence-electron chi connectivity index (χ2n) is 5.08. The lowest BCUT2D eigenvalue weighted by Crippen LogP contribution is -2.33. The lowest BCUT2D eigenvalue weighted by atomic mass is 10.2. The van der Waals surface area contributed by atoms with Crippen LogP contribution in [-0.2, 0) is 4.74 Å². The number of rotatable bonds is 7. The van der Waals surface area contributed by atoms with Crippen LogP contribution in [-0.4, -0.2) is 54.9 Å². The van der Waals surface area contributed by atoms with Crippen LogP contribution in [0.1, 0.15) is 30.1 Å². The molecule has 1 aliphatic heterocycles. The molecule has 0 radical (unpaired) electrons. The third-order valence-electron chi connectivity index (χ3n) is 3.60. The summed E-state index contributed by atoms with van der Waals surface area (Å²) in [6.07, 6.45) is 2.33. The Morgan fingerprint density at radius 1 is 1.43 bits per heavy atom. The predicted molar refractivity (Wildman–Crippen MR) is 79.6 cm³/mol. The summed E-state index contributed by atoms with van der Waals surface area (Å²) >= 11 is 0. The summed E-state index contributed by atoms with van der Waals surface area (Å²) in [6.45, 7) is 4.18. The summed E-state index contributed by atoms with van der Waals surface area (Å²) in [5.74, 6) is 0.671. The van der Waals surface area contributed by atoms with Gasteiger partial charge in [-0.25, -0.2) is 0 Å². The second kappa shape index (κ2) is 8.00. The zero-order chi connectivity index (χ0) is 15.1. The molecule has 0 aliphatic carbocycles. The molecule has 1 heterocycles. The van der Waals surface area contributed by atoms with E-state index in [4.69, 9.17) is 14.6 Å². The summed E-state index contributed by atoms with van der Waals surface area (Å²) in [6, 6.07) is 7.12. The van der Waals surface area contributed by atoms with E-state index in [-0.39, 0.29) is 18.6 Å². The average Bonchev–Trinajstić information content (AvgIpc) is 3.04. The van der Waals surface area contributed by atoms with Gasteiger partial charge < -0.3 is 19.5 Å². The van der Waals surface area contributed by atoms with Crippen LogP contribution in [0.15, 0.2) is 24.3 Å². The Labute approximate surface area is 125 Å². The first-order chi connectivity index (χ1) is 10.2. The number of carbonyl (C=O) groups is 1. The third-order valence-corrected chi connectivity index (χ3v) is 3.60. The van der Waals surface area contributed by atoms with E-state index >= 15 is 0 Å². The van der Waals surface area contributed by atoms with Crippen molar-refractivity contribution in [3.05, 3.63) is 29.8 Å². The van der Waals surface area contributed by atoms with Crippen LogP contribution >= 0.6 is 0 Å². The molecule has 1 atom stereocenters. The molecule has 1 unspecified atom stereocenters. The fraction of sp³-hybridized carbons (Fsp3) is 0.562. The third kappa shape index (κ3) is 4.44. The summed E-state index contributed by atoms with van der Waals surface area (Å²) in [7, 11) is 0. The van der Waals surface area contributed by atoms with E-state index in [0.29, 0.717) is 25.3 Å². The van der Waals surface area contributed by atoms with Crippen LogP contribution in [0.4, 0.5) is 0 Å². The van der Waals surface area contributed by atoms with Crippen molar-refractivity contribution in [3.63, 3.8) is 0 Å². The van der Waals surface area contributed by atoms with Crippen LogP contribution in [0, 0.1) is 0 Å². The maximum atomic E-state index is 12.2. The number of likely N-dealkylation sites (N-methyl/N-ethyl adjacent to an activating group) is 1. The first-order valence-corrected chi connectivity index (χ1v) is 7.49. The monoisotopic (exact) mass is 293 g/mol. The van der Waals surface area contributed by atoms with Gasteiger partial charge in [0.1, 0.15) is 12.4 Å². The highest BCUT2D eigenvalue weighted by Gasteiger charge is 2.16. The van der Waals surface area contributed by atoms with Gasteiger partial charge in [0.15, 0.2) is 0 Å². The van der Waals surface area contributed by atoms with Gasteiger partial charge in [-0.05, 0) is 44.0 Å². The number of hydrogen-bond donors (Lipinski definition) is 1. The Kier molecular flexibility index (Phi) is 6.02. The van der Waals surface area contributed by atoms with Crippen LogP contribution < -0.4 is 4.74 Å². The van der Waals surface area contributed by atoms with E-state index in [1.54, 1.807) is 29.2 Å². The fourth-order valence-electron chi connectivity index (χ4n) is 2.37. The van der Waals surface area contributed by atoms with Gasteiger partial charge in [0.25, 0.3) is 5.91 Å². The van der Waals surface area contributed by atoms with Crippen molar-refractivity contribution in [1.29, 1.82) is 0 Å². The Morgan fingerprint density at radius 3 is 2.76 bits per heavy atom. The van der Waals surface area contributed by atoms with Gasteiger partial charge in [-0.1, -0.05) is 0 Å². The zero-order valence-corrected chi connectivity index (χ0v) is 12.5. The highest BCUT2D eigenvalue weighted by Crippen LogP contribution is 2.17. The minimum absolute atomic E-state index is 0.0256. The van der Waals surface area contributed by atoms with Crippen LogP contribution in [0.25, 0.3) is 0 Å². The number of carbonyl (C=O) groups excluding carboxylic acids is 1. The first-order valence-electron chi connectivity index (χ1n) is 7.49. The molecule has 1 amide bonds. The van der Waals surface area contributed by atoms with Gasteiger partial charge >= 0.3 is 0 Å². The normalized spacial score (nSPS) is 17.7.